The van der Waals surface area contributed by atoms with E-state index in [0.29, 0.717) is 6.04 Å². The Morgan fingerprint density at radius 1 is 1.19 bits per heavy atom. The van der Waals surface area contributed by atoms with Crippen LogP contribution in [0.1, 0.15) is 12.5 Å². The molecule has 140 valence electrons. The number of aromatic nitrogens is 2. The zero-order valence-corrected chi connectivity index (χ0v) is 16.1. The number of aliphatic hydroxyl groups is 1. The first-order valence-corrected chi connectivity index (χ1v) is 8.24. The van der Waals surface area contributed by atoms with Crippen molar-refractivity contribution in [2.24, 2.45) is 0 Å². The van der Waals surface area contributed by atoms with Gasteiger partial charge in [0.2, 0.25) is 0 Å². The maximum Gasteiger partial charge on any atom is 0.140 e. The molecule has 0 bridgehead atoms. The normalized spacial score (nSPS) is 19.0. The Bertz CT molecular complexity index is 869. The van der Waals surface area contributed by atoms with Crippen LogP contribution in [0.5, 0.6) is 5.75 Å². The number of hydrogen-bond donors (Lipinski definition) is 2. The van der Waals surface area contributed by atoms with Gasteiger partial charge in [0.1, 0.15) is 11.6 Å². The Balaban J connectivity index is 0.00000121. The van der Waals surface area contributed by atoms with E-state index in [1.807, 2.05) is 24.5 Å². The molecule has 2 aromatic carbocycles. The Morgan fingerprint density at radius 2 is 1.96 bits per heavy atom. The van der Waals surface area contributed by atoms with Crippen molar-refractivity contribution in [2.75, 3.05) is 20.3 Å². The third-order valence-electron chi connectivity index (χ3n) is 4.79. The molecule has 1 aromatic heterocycles. The SMILES string of the molecule is COc1ccc2cc(-c3nccn3[C@H]3CN[C@H](CO)C3)ccc2c1.Cl.Cl. The number of methoxy groups -OCH3 is 1. The lowest BCUT2D eigenvalue weighted by Crippen LogP contribution is -2.24. The monoisotopic (exact) mass is 395 g/mol. The van der Waals surface area contributed by atoms with Crippen LogP contribution in [-0.4, -0.2) is 41.0 Å². The summed E-state index contributed by atoms with van der Waals surface area (Å²) < 4.78 is 7.50. The van der Waals surface area contributed by atoms with Gasteiger partial charge in [-0.15, -0.1) is 24.8 Å². The van der Waals surface area contributed by atoms with Gasteiger partial charge >= 0.3 is 0 Å². The molecule has 2 atom stereocenters. The molecule has 5 nitrogen and oxygen atoms in total. The minimum absolute atomic E-state index is 0. The van der Waals surface area contributed by atoms with Gasteiger partial charge in [0.25, 0.3) is 0 Å². The lowest BCUT2D eigenvalue weighted by atomic mass is 10.1. The molecule has 1 aliphatic rings. The van der Waals surface area contributed by atoms with Gasteiger partial charge in [-0.25, -0.2) is 4.98 Å². The predicted molar refractivity (Wildman–Crippen MR) is 109 cm³/mol. The maximum atomic E-state index is 9.33. The molecule has 3 aromatic rings. The first-order valence-electron chi connectivity index (χ1n) is 8.24. The molecule has 0 unspecified atom stereocenters. The van der Waals surface area contributed by atoms with Gasteiger partial charge in [0, 0.05) is 36.6 Å². The third kappa shape index (κ3) is 3.81. The van der Waals surface area contributed by atoms with Crippen LogP contribution in [0.2, 0.25) is 0 Å². The minimum atomic E-state index is 0. The summed E-state index contributed by atoms with van der Waals surface area (Å²) in [5, 5.41) is 15.0. The molecule has 0 amide bonds. The Hall–Kier alpha value is -1.79. The van der Waals surface area contributed by atoms with Crippen molar-refractivity contribution in [2.45, 2.75) is 18.5 Å². The second-order valence-electron chi connectivity index (χ2n) is 6.26. The van der Waals surface area contributed by atoms with Crippen LogP contribution in [0.25, 0.3) is 22.2 Å². The minimum Gasteiger partial charge on any atom is -0.497 e. The number of rotatable bonds is 4. The van der Waals surface area contributed by atoms with Crippen molar-refractivity contribution in [3.8, 4) is 17.1 Å². The van der Waals surface area contributed by atoms with Crippen molar-refractivity contribution in [1.82, 2.24) is 14.9 Å². The lowest BCUT2D eigenvalue weighted by Gasteiger charge is -2.15. The molecule has 0 spiro atoms. The quantitative estimate of drug-likeness (QED) is 0.709. The van der Waals surface area contributed by atoms with Crippen LogP contribution in [0.3, 0.4) is 0 Å². The predicted octanol–water partition coefficient (Wildman–Crippen LogP) is 3.45. The summed E-state index contributed by atoms with van der Waals surface area (Å²) in [6.45, 7) is 1.04. The highest BCUT2D eigenvalue weighted by atomic mass is 35.5. The van der Waals surface area contributed by atoms with Crippen molar-refractivity contribution in [3.63, 3.8) is 0 Å². The van der Waals surface area contributed by atoms with Gasteiger partial charge in [0.15, 0.2) is 0 Å². The highest BCUT2D eigenvalue weighted by molar-refractivity contribution is 5.87. The number of nitrogens with one attached hydrogen (secondary N) is 1. The molecular formula is C19H23Cl2N3O2. The van der Waals surface area contributed by atoms with Gasteiger partial charge in [-0.3, -0.25) is 0 Å². The number of benzene rings is 2. The van der Waals surface area contributed by atoms with Gasteiger partial charge in [-0.2, -0.15) is 0 Å². The molecule has 26 heavy (non-hydrogen) atoms. The van der Waals surface area contributed by atoms with Crippen LogP contribution >= 0.6 is 24.8 Å². The molecule has 0 aliphatic carbocycles. The second kappa shape index (κ2) is 8.73. The van der Waals surface area contributed by atoms with Crippen molar-refractivity contribution >= 4 is 35.6 Å². The number of nitrogens with zero attached hydrogens (tertiary/aromatic N) is 2. The number of fused-ring (bicyclic) bond motifs is 1. The Morgan fingerprint density at radius 3 is 2.69 bits per heavy atom. The molecule has 2 heterocycles. The summed E-state index contributed by atoms with van der Waals surface area (Å²) in [5.41, 5.74) is 1.10. The maximum absolute atomic E-state index is 9.33. The Kier molecular flexibility index (Phi) is 6.89. The molecule has 7 heteroatoms. The van der Waals surface area contributed by atoms with Gasteiger partial charge < -0.3 is 19.7 Å². The largest absolute Gasteiger partial charge is 0.497 e. The van der Waals surface area contributed by atoms with Crippen LogP contribution in [0.4, 0.5) is 0 Å². The fourth-order valence-corrected chi connectivity index (χ4v) is 3.47. The zero-order chi connectivity index (χ0) is 16.5. The van der Waals surface area contributed by atoms with Gasteiger partial charge in [-0.1, -0.05) is 18.2 Å². The van der Waals surface area contributed by atoms with Gasteiger partial charge in [-0.05, 0) is 35.4 Å². The zero-order valence-electron chi connectivity index (χ0n) is 14.5. The molecule has 1 fully saturated rings. The summed E-state index contributed by atoms with van der Waals surface area (Å²) in [7, 11) is 1.68. The number of halogens is 2. The van der Waals surface area contributed by atoms with E-state index in [4.69, 9.17) is 4.74 Å². The fourth-order valence-electron chi connectivity index (χ4n) is 3.47. The first-order chi connectivity index (χ1) is 11.8. The summed E-state index contributed by atoms with van der Waals surface area (Å²) in [4.78, 5) is 4.57. The number of imidazole rings is 1. The standard InChI is InChI=1S/C19H21N3O2.2ClH/c1-24-18-5-4-13-8-15(3-2-14(13)9-18)19-20-6-7-22(19)17-10-16(12-23)21-11-17;;/h2-9,16-17,21,23H,10-12H2,1H3;2*1H/t16-,17+;;/m0../s1. The number of hydrogen-bond acceptors (Lipinski definition) is 4. The van der Waals surface area contributed by atoms with Gasteiger partial charge in [0.05, 0.1) is 13.7 Å². The molecule has 1 saturated heterocycles. The summed E-state index contributed by atoms with van der Waals surface area (Å²) in [5.74, 6) is 1.84. The average Bonchev–Trinajstić information content (AvgIpc) is 3.29. The summed E-state index contributed by atoms with van der Waals surface area (Å²) in [6, 6.07) is 13.0. The summed E-state index contributed by atoms with van der Waals surface area (Å²) in [6.07, 6.45) is 4.80. The van der Waals surface area contributed by atoms with Crippen molar-refractivity contribution in [1.29, 1.82) is 0 Å². The van der Waals surface area contributed by atoms with Crippen LogP contribution < -0.4 is 10.1 Å². The smallest absolute Gasteiger partial charge is 0.140 e. The molecule has 0 saturated carbocycles. The van der Waals surface area contributed by atoms with E-state index < -0.39 is 0 Å². The fraction of sp³-hybridized carbons (Fsp3) is 0.316. The summed E-state index contributed by atoms with van der Waals surface area (Å²) >= 11 is 0. The first kappa shape index (κ1) is 20.5. The van der Waals surface area contributed by atoms with E-state index in [9.17, 15) is 5.11 Å². The lowest BCUT2D eigenvalue weighted by molar-refractivity contribution is 0.253. The van der Waals surface area contributed by atoms with Crippen molar-refractivity contribution < 1.29 is 9.84 Å². The van der Waals surface area contributed by atoms with E-state index in [-0.39, 0.29) is 37.5 Å². The Labute approximate surface area is 165 Å². The van der Waals surface area contributed by atoms with Crippen LogP contribution in [0, 0.1) is 0 Å². The molecule has 1 aliphatic heterocycles. The van der Waals surface area contributed by atoms with E-state index in [1.165, 1.54) is 5.39 Å². The van der Waals surface area contributed by atoms with E-state index in [2.05, 4.69) is 39.1 Å². The van der Waals surface area contributed by atoms with Crippen LogP contribution in [0.15, 0.2) is 48.8 Å². The van der Waals surface area contributed by atoms with Crippen molar-refractivity contribution in [3.05, 3.63) is 48.8 Å². The second-order valence-corrected chi connectivity index (χ2v) is 6.26. The number of ether oxygens (including phenoxy) is 1. The van der Waals surface area contributed by atoms with E-state index >= 15 is 0 Å². The molecule has 2 N–H and O–H groups in total. The highest BCUT2D eigenvalue weighted by Gasteiger charge is 2.26. The van der Waals surface area contributed by atoms with Crippen LogP contribution in [-0.2, 0) is 0 Å². The number of aliphatic hydroxyl groups excluding tert-OH is 1. The molecule has 0 radical (unpaired) electrons. The highest BCUT2D eigenvalue weighted by Crippen LogP contribution is 2.29. The molecular weight excluding hydrogens is 373 g/mol. The topological polar surface area (TPSA) is 59.3 Å². The molecule has 4 rings (SSSR count). The van der Waals surface area contributed by atoms with E-state index in [0.717, 1.165) is 35.5 Å². The average molecular weight is 396 g/mol. The third-order valence-corrected chi connectivity index (χ3v) is 4.79. The van der Waals surface area contributed by atoms with E-state index in [1.54, 1.807) is 7.11 Å².